The zero-order valence-electron chi connectivity index (χ0n) is 13.3. The van der Waals surface area contributed by atoms with Gasteiger partial charge < -0.3 is 5.32 Å². The van der Waals surface area contributed by atoms with E-state index in [4.69, 9.17) is 12.2 Å². The van der Waals surface area contributed by atoms with E-state index in [9.17, 15) is 9.59 Å². The van der Waals surface area contributed by atoms with Crippen LogP contribution in [-0.4, -0.2) is 23.1 Å². The molecule has 25 heavy (non-hydrogen) atoms. The molecule has 5 nitrogen and oxygen atoms in total. The Morgan fingerprint density at radius 1 is 1.20 bits per heavy atom. The quantitative estimate of drug-likeness (QED) is 0.473. The Kier molecular flexibility index (Phi) is 5.06. The average Bonchev–Trinajstić information content (AvgIpc) is 2.57. The van der Waals surface area contributed by atoms with Crippen LogP contribution < -0.4 is 10.2 Å². The molecule has 0 unspecified atom stereocenters. The molecule has 126 valence electrons. The smallest absolute Gasteiger partial charge is 0.251 e. The summed E-state index contributed by atoms with van der Waals surface area (Å²) in [7, 11) is 0. The fourth-order valence-corrected chi connectivity index (χ4v) is 3.31. The number of aryl methyl sites for hydroxylation is 1. The summed E-state index contributed by atoms with van der Waals surface area (Å²) in [6.07, 6.45) is 1.35. The molecule has 0 radical (unpaired) electrons. The van der Waals surface area contributed by atoms with Crippen LogP contribution >= 0.6 is 28.1 Å². The number of aliphatic imine (C=N–C) groups is 1. The van der Waals surface area contributed by atoms with Crippen LogP contribution in [0.2, 0.25) is 0 Å². The van der Waals surface area contributed by atoms with Gasteiger partial charge in [-0.2, -0.15) is 0 Å². The zero-order valence-corrected chi connectivity index (χ0v) is 15.7. The summed E-state index contributed by atoms with van der Waals surface area (Å²) in [6, 6.07) is 14.6. The molecule has 2 aromatic carbocycles. The monoisotopic (exact) mass is 415 g/mol. The highest BCUT2D eigenvalue weighted by Gasteiger charge is 2.38. The van der Waals surface area contributed by atoms with E-state index in [2.05, 4.69) is 26.2 Å². The lowest BCUT2D eigenvalue weighted by Gasteiger charge is -2.30. The van der Waals surface area contributed by atoms with Crippen molar-refractivity contribution < 1.29 is 9.59 Å². The van der Waals surface area contributed by atoms with E-state index in [1.807, 2.05) is 31.2 Å². The molecule has 1 heterocycles. The fourth-order valence-electron chi connectivity index (χ4n) is 2.41. The number of rotatable bonds is 3. The topological polar surface area (TPSA) is 61.8 Å². The van der Waals surface area contributed by atoms with E-state index in [1.54, 1.807) is 24.3 Å². The van der Waals surface area contributed by atoms with Gasteiger partial charge in [-0.3, -0.25) is 19.5 Å². The van der Waals surface area contributed by atoms with Gasteiger partial charge >= 0.3 is 0 Å². The van der Waals surface area contributed by atoms with Crippen molar-refractivity contribution in [3.8, 4) is 0 Å². The van der Waals surface area contributed by atoms with Gasteiger partial charge in [0.1, 0.15) is 0 Å². The van der Waals surface area contributed by atoms with Gasteiger partial charge in [0.25, 0.3) is 5.91 Å². The standard InChI is InChI=1S/C18H14BrN3O2S/c1-11-7-8-15(14(19)9-11)20-10-13-16(23)21-18(25)22(17(13)24)12-5-3-2-4-6-12/h2-10,13H,1H3,(H,21,23,25)/t13-/m0/s1. The second-order valence-corrected chi connectivity index (χ2v) is 6.76. The fraction of sp³-hybridized carbons (Fsp3) is 0.111. The van der Waals surface area contributed by atoms with Crippen LogP contribution in [0.5, 0.6) is 0 Å². The maximum Gasteiger partial charge on any atom is 0.251 e. The van der Waals surface area contributed by atoms with Crippen LogP contribution in [0.3, 0.4) is 0 Å². The number of amides is 2. The molecule has 1 N–H and O–H groups in total. The molecule has 2 amide bonds. The first-order chi connectivity index (χ1) is 12.0. The van der Waals surface area contributed by atoms with Crippen molar-refractivity contribution in [3.63, 3.8) is 0 Å². The highest BCUT2D eigenvalue weighted by molar-refractivity contribution is 9.10. The van der Waals surface area contributed by atoms with Crippen LogP contribution in [0.1, 0.15) is 5.56 Å². The summed E-state index contributed by atoms with van der Waals surface area (Å²) in [5.74, 6) is -1.94. The van der Waals surface area contributed by atoms with Gasteiger partial charge in [0.15, 0.2) is 11.0 Å². The van der Waals surface area contributed by atoms with Gasteiger partial charge in [-0.25, -0.2) is 0 Å². The van der Waals surface area contributed by atoms with Crippen molar-refractivity contribution in [2.75, 3.05) is 4.90 Å². The number of para-hydroxylation sites is 1. The third-order valence-electron chi connectivity index (χ3n) is 3.68. The predicted molar refractivity (Wildman–Crippen MR) is 105 cm³/mol. The van der Waals surface area contributed by atoms with Gasteiger partial charge in [-0.05, 0) is 64.9 Å². The molecule has 1 aliphatic heterocycles. The molecule has 1 saturated heterocycles. The molecule has 1 fully saturated rings. The Balaban J connectivity index is 1.90. The first-order valence-corrected chi connectivity index (χ1v) is 8.71. The molecular formula is C18H14BrN3O2S. The minimum atomic E-state index is -1.04. The minimum Gasteiger partial charge on any atom is -0.301 e. The van der Waals surface area contributed by atoms with Crippen LogP contribution in [0.15, 0.2) is 58.0 Å². The van der Waals surface area contributed by atoms with E-state index in [0.717, 1.165) is 10.0 Å². The Hall–Kier alpha value is -2.38. The van der Waals surface area contributed by atoms with Crippen LogP contribution in [0, 0.1) is 12.8 Å². The Labute approximate surface area is 158 Å². The molecule has 7 heteroatoms. The Morgan fingerprint density at radius 2 is 1.92 bits per heavy atom. The number of carbonyl (C=O) groups is 2. The number of nitrogens with one attached hydrogen (secondary N) is 1. The first-order valence-electron chi connectivity index (χ1n) is 7.51. The third-order valence-corrected chi connectivity index (χ3v) is 4.60. The first kappa shape index (κ1) is 17.4. The number of benzene rings is 2. The molecule has 1 atom stereocenters. The molecular weight excluding hydrogens is 402 g/mol. The van der Waals surface area contributed by atoms with Crippen molar-refractivity contribution in [2.45, 2.75) is 6.92 Å². The van der Waals surface area contributed by atoms with Gasteiger partial charge in [0.05, 0.1) is 11.4 Å². The van der Waals surface area contributed by atoms with Crippen molar-refractivity contribution in [2.24, 2.45) is 10.9 Å². The SMILES string of the molecule is Cc1ccc(N=C[C@H]2C(=O)NC(=S)N(c3ccccc3)C2=O)c(Br)c1. The summed E-state index contributed by atoms with van der Waals surface area (Å²) < 4.78 is 0.794. The van der Waals surface area contributed by atoms with Crippen molar-refractivity contribution in [1.29, 1.82) is 0 Å². The van der Waals surface area contributed by atoms with Gasteiger partial charge in [-0.1, -0.05) is 24.3 Å². The summed E-state index contributed by atoms with van der Waals surface area (Å²) in [5.41, 5.74) is 2.33. The van der Waals surface area contributed by atoms with E-state index < -0.39 is 17.7 Å². The Morgan fingerprint density at radius 3 is 2.60 bits per heavy atom. The largest absolute Gasteiger partial charge is 0.301 e. The molecule has 0 saturated carbocycles. The molecule has 0 spiro atoms. The summed E-state index contributed by atoms with van der Waals surface area (Å²) in [6.45, 7) is 1.97. The lowest BCUT2D eigenvalue weighted by atomic mass is 10.1. The van der Waals surface area contributed by atoms with Gasteiger partial charge in [-0.15, -0.1) is 0 Å². The van der Waals surface area contributed by atoms with Crippen molar-refractivity contribution >= 4 is 62.7 Å². The molecule has 2 aromatic rings. The highest BCUT2D eigenvalue weighted by Crippen LogP contribution is 2.27. The molecule has 3 rings (SSSR count). The zero-order chi connectivity index (χ0) is 18.0. The second kappa shape index (κ2) is 7.25. The summed E-state index contributed by atoms with van der Waals surface area (Å²) in [4.78, 5) is 30.6. The van der Waals surface area contributed by atoms with Crippen LogP contribution in [-0.2, 0) is 9.59 Å². The van der Waals surface area contributed by atoms with Crippen molar-refractivity contribution in [1.82, 2.24) is 5.32 Å². The lowest BCUT2D eigenvalue weighted by Crippen LogP contribution is -2.58. The predicted octanol–water partition coefficient (Wildman–Crippen LogP) is 3.52. The summed E-state index contributed by atoms with van der Waals surface area (Å²) >= 11 is 8.58. The second-order valence-electron chi connectivity index (χ2n) is 5.51. The average molecular weight is 416 g/mol. The maximum absolute atomic E-state index is 12.8. The molecule has 0 aromatic heterocycles. The van der Waals surface area contributed by atoms with Gasteiger partial charge in [0, 0.05) is 10.7 Å². The number of hydrogen-bond donors (Lipinski definition) is 1. The van der Waals surface area contributed by atoms with Crippen LogP contribution in [0.4, 0.5) is 11.4 Å². The maximum atomic E-state index is 12.8. The van der Waals surface area contributed by atoms with E-state index in [0.29, 0.717) is 11.4 Å². The number of halogens is 1. The highest BCUT2D eigenvalue weighted by atomic mass is 79.9. The van der Waals surface area contributed by atoms with Crippen LogP contribution in [0.25, 0.3) is 0 Å². The molecule has 1 aliphatic rings. The summed E-state index contributed by atoms with van der Waals surface area (Å²) in [5, 5.41) is 2.63. The Bertz CT molecular complexity index is 883. The third kappa shape index (κ3) is 3.67. The molecule has 0 bridgehead atoms. The van der Waals surface area contributed by atoms with E-state index >= 15 is 0 Å². The van der Waals surface area contributed by atoms with Gasteiger partial charge in [0.2, 0.25) is 5.91 Å². The number of thiocarbonyl (C=S) groups is 1. The van der Waals surface area contributed by atoms with E-state index in [-0.39, 0.29) is 5.11 Å². The van der Waals surface area contributed by atoms with Crippen molar-refractivity contribution in [3.05, 3.63) is 58.6 Å². The number of hydrogen-bond acceptors (Lipinski definition) is 4. The number of anilines is 1. The van der Waals surface area contributed by atoms with E-state index in [1.165, 1.54) is 11.1 Å². The normalized spacial score (nSPS) is 17.9. The lowest BCUT2D eigenvalue weighted by molar-refractivity contribution is -0.130. The minimum absolute atomic E-state index is 0.0716. The molecule has 0 aliphatic carbocycles. The number of nitrogens with zero attached hydrogens (tertiary/aromatic N) is 2. The number of carbonyl (C=O) groups excluding carboxylic acids is 2.